The molecule has 1 heterocycles. The molecule has 0 aliphatic carbocycles. The first kappa shape index (κ1) is 12.9. The fraction of sp³-hybridized carbons (Fsp3) is 1.00. The molecule has 0 aromatic rings. The van der Waals surface area contributed by atoms with E-state index in [1.54, 1.807) is 14.2 Å². The first-order valence-electron chi connectivity index (χ1n) is 5.67. The molecule has 1 fully saturated rings. The molecule has 3 atom stereocenters. The zero-order valence-corrected chi connectivity index (χ0v) is 9.98. The Morgan fingerprint density at radius 1 is 1.27 bits per heavy atom. The monoisotopic (exact) mass is 217 g/mol. The molecule has 1 N–H and O–H groups in total. The minimum Gasteiger partial charge on any atom is -0.392 e. The summed E-state index contributed by atoms with van der Waals surface area (Å²) in [6.07, 6.45) is 1.96. The van der Waals surface area contributed by atoms with Gasteiger partial charge in [0.15, 0.2) is 0 Å². The molecule has 0 saturated carbocycles. The molecule has 4 heteroatoms. The summed E-state index contributed by atoms with van der Waals surface area (Å²) in [5, 5.41) is 9.70. The number of ether oxygens (including phenoxy) is 2. The van der Waals surface area contributed by atoms with Gasteiger partial charge in [0, 0.05) is 33.9 Å². The number of aliphatic hydroxyl groups excluding tert-OH is 1. The summed E-state index contributed by atoms with van der Waals surface area (Å²) in [6, 6.07) is 0. The average Bonchev–Trinajstić information content (AvgIpc) is 2.60. The van der Waals surface area contributed by atoms with Gasteiger partial charge in [0.05, 0.1) is 18.3 Å². The van der Waals surface area contributed by atoms with Crippen LogP contribution < -0.4 is 0 Å². The molecule has 15 heavy (non-hydrogen) atoms. The zero-order valence-electron chi connectivity index (χ0n) is 9.98. The van der Waals surface area contributed by atoms with Gasteiger partial charge in [-0.2, -0.15) is 0 Å². The van der Waals surface area contributed by atoms with E-state index in [0.717, 1.165) is 32.5 Å². The number of rotatable bonds is 6. The molecule has 0 aromatic carbocycles. The van der Waals surface area contributed by atoms with Crippen LogP contribution in [0.4, 0.5) is 0 Å². The van der Waals surface area contributed by atoms with Crippen LogP contribution in [0.5, 0.6) is 0 Å². The average molecular weight is 217 g/mol. The van der Waals surface area contributed by atoms with Crippen molar-refractivity contribution in [3.8, 4) is 0 Å². The Kier molecular flexibility index (Phi) is 5.53. The van der Waals surface area contributed by atoms with Crippen molar-refractivity contribution in [3.63, 3.8) is 0 Å². The van der Waals surface area contributed by atoms with Gasteiger partial charge in [-0.05, 0) is 6.42 Å². The van der Waals surface area contributed by atoms with Crippen LogP contribution >= 0.6 is 0 Å². The molecule has 0 spiro atoms. The van der Waals surface area contributed by atoms with Crippen LogP contribution in [0.3, 0.4) is 0 Å². The van der Waals surface area contributed by atoms with Gasteiger partial charge in [-0.1, -0.05) is 13.3 Å². The second-order valence-corrected chi connectivity index (χ2v) is 4.21. The van der Waals surface area contributed by atoms with Gasteiger partial charge < -0.3 is 14.6 Å². The molecule has 90 valence electrons. The molecule has 1 rings (SSSR count). The standard InChI is InChI=1S/C11H23NO3/c1-4-5-9(13)6-12-7-10(14-2)11(8-12)15-3/h9-11,13H,4-8H2,1-3H3. The van der Waals surface area contributed by atoms with E-state index >= 15 is 0 Å². The van der Waals surface area contributed by atoms with E-state index in [9.17, 15) is 5.11 Å². The van der Waals surface area contributed by atoms with Gasteiger partial charge in [0.2, 0.25) is 0 Å². The van der Waals surface area contributed by atoms with Crippen molar-refractivity contribution in [3.05, 3.63) is 0 Å². The maximum atomic E-state index is 9.70. The van der Waals surface area contributed by atoms with Crippen LogP contribution in [0.25, 0.3) is 0 Å². The van der Waals surface area contributed by atoms with Gasteiger partial charge >= 0.3 is 0 Å². The summed E-state index contributed by atoms with van der Waals surface area (Å²) in [5.74, 6) is 0. The number of aliphatic hydroxyl groups is 1. The molecule has 1 saturated heterocycles. The number of hydrogen-bond donors (Lipinski definition) is 1. The topological polar surface area (TPSA) is 41.9 Å². The SMILES string of the molecule is CCCC(O)CN1CC(OC)C(OC)C1. The lowest BCUT2D eigenvalue weighted by atomic mass is 10.2. The molecule has 4 nitrogen and oxygen atoms in total. The summed E-state index contributed by atoms with van der Waals surface area (Å²) >= 11 is 0. The summed E-state index contributed by atoms with van der Waals surface area (Å²) in [4.78, 5) is 2.21. The minimum atomic E-state index is -0.219. The third-order valence-corrected chi connectivity index (χ3v) is 2.99. The maximum absolute atomic E-state index is 9.70. The van der Waals surface area contributed by atoms with E-state index in [2.05, 4.69) is 11.8 Å². The van der Waals surface area contributed by atoms with E-state index in [0.29, 0.717) is 0 Å². The van der Waals surface area contributed by atoms with Crippen molar-refractivity contribution in [1.29, 1.82) is 0 Å². The van der Waals surface area contributed by atoms with Gasteiger partial charge in [0.1, 0.15) is 0 Å². The van der Waals surface area contributed by atoms with Crippen molar-refractivity contribution in [2.45, 2.75) is 38.1 Å². The minimum absolute atomic E-state index is 0.142. The largest absolute Gasteiger partial charge is 0.392 e. The van der Waals surface area contributed by atoms with E-state index < -0.39 is 0 Å². The van der Waals surface area contributed by atoms with E-state index in [4.69, 9.17) is 9.47 Å². The number of hydrogen-bond acceptors (Lipinski definition) is 4. The zero-order chi connectivity index (χ0) is 11.3. The third-order valence-electron chi connectivity index (χ3n) is 2.99. The molecule has 3 unspecified atom stereocenters. The summed E-state index contributed by atoms with van der Waals surface area (Å²) in [6.45, 7) is 4.53. The lowest BCUT2D eigenvalue weighted by Crippen LogP contribution is -2.31. The predicted octanol–water partition coefficient (Wildman–Crippen LogP) is 0.493. The highest BCUT2D eigenvalue weighted by molar-refractivity contribution is 4.86. The fourth-order valence-corrected chi connectivity index (χ4v) is 2.14. The molecular weight excluding hydrogens is 194 g/mol. The number of methoxy groups -OCH3 is 2. The van der Waals surface area contributed by atoms with Crippen LogP contribution in [0.2, 0.25) is 0 Å². The van der Waals surface area contributed by atoms with Crippen molar-refractivity contribution in [2.24, 2.45) is 0 Å². The maximum Gasteiger partial charge on any atom is 0.0971 e. The van der Waals surface area contributed by atoms with Gasteiger partial charge in [0.25, 0.3) is 0 Å². The van der Waals surface area contributed by atoms with E-state index in [1.165, 1.54) is 0 Å². The Morgan fingerprint density at radius 2 is 1.80 bits per heavy atom. The lowest BCUT2D eigenvalue weighted by molar-refractivity contribution is -0.00461. The Morgan fingerprint density at radius 3 is 2.20 bits per heavy atom. The van der Waals surface area contributed by atoms with Crippen LogP contribution in [-0.4, -0.2) is 62.2 Å². The van der Waals surface area contributed by atoms with Crippen LogP contribution in [0, 0.1) is 0 Å². The lowest BCUT2D eigenvalue weighted by Gasteiger charge is -2.19. The first-order valence-corrected chi connectivity index (χ1v) is 5.67. The normalized spacial score (nSPS) is 29.6. The van der Waals surface area contributed by atoms with Crippen LogP contribution in [0.15, 0.2) is 0 Å². The molecule has 0 aromatic heterocycles. The Hall–Kier alpha value is -0.160. The van der Waals surface area contributed by atoms with Crippen LogP contribution in [0.1, 0.15) is 19.8 Å². The molecule has 0 radical (unpaired) electrons. The fourth-order valence-electron chi connectivity index (χ4n) is 2.14. The summed E-state index contributed by atoms with van der Waals surface area (Å²) < 4.78 is 10.7. The van der Waals surface area contributed by atoms with Crippen molar-refractivity contribution in [2.75, 3.05) is 33.9 Å². The van der Waals surface area contributed by atoms with Gasteiger partial charge in [-0.15, -0.1) is 0 Å². The second-order valence-electron chi connectivity index (χ2n) is 4.21. The number of β-amino-alcohol motifs (C(OH)–C–C–N with tert-alkyl or cyclic N) is 1. The summed E-state index contributed by atoms with van der Waals surface area (Å²) in [7, 11) is 3.42. The predicted molar refractivity (Wildman–Crippen MR) is 58.9 cm³/mol. The van der Waals surface area contributed by atoms with Gasteiger partial charge in [-0.3, -0.25) is 4.90 Å². The van der Waals surface area contributed by atoms with Crippen molar-refractivity contribution in [1.82, 2.24) is 4.90 Å². The second kappa shape index (κ2) is 6.43. The molecule has 0 amide bonds. The molecular formula is C11H23NO3. The van der Waals surface area contributed by atoms with Crippen molar-refractivity contribution >= 4 is 0 Å². The summed E-state index contributed by atoms with van der Waals surface area (Å²) in [5.41, 5.74) is 0. The molecule has 1 aliphatic rings. The first-order chi connectivity index (χ1) is 7.21. The number of likely N-dealkylation sites (tertiary alicyclic amines) is 1. The Balaban J connectivity index is 2.33. The highest BCUT2D eigenvalue weighted by Crippen LogP contribution is 2.16. The Bertz CT molecular complexity index is 165. The van der Waals surface area contributed by atoms with Gasteiger partial charge in [-0.25, -0.2) is 0 Å². The highest BCUT2D eigenvalue weighted by Gasteiger charge is 2.33. The number of nitrogens with zero attached hydrogens (tertiary/aromatic N) is 1. The smallest absolute Gasteiger partial charge is 0.0971 e. The quantitative estimate of drug-likeness (QED) is 0.703. The van der Waals surface area contributed by atoms with E-state index in [-0.39, 0.29) is 18.3 Å². The highest BCUT2D eigenvalue weighted by atomic mass is 16.5. The van der Waals surface area contributed by atoms with E-state index in [1.807, 2.05) is 0 Å². The molecule has 1 aliphatic heterocycles. The van der Waals surface area contributed by atoms with Crippen LogP contribution in [-0.2, 0) is 9.47 Å². The molecule has 0 bridgehead atoms. The third kappa shape index (κ3) is 3.72. The van der Waals surface area contributed by atoms with Crippen molar-refractivity contribution < 1.29 is 14.6 Å². The Labute approximate surface area is 92.2 Å².